The van der Waals surface area contributed by atoms with Crippen LogP contribution in [0, 0.1) is 0 Å². The zero-order valence-corrected chi connectivity index (χ0v) is 10.6. The van der Waals surface area contributed by atoms with E-state index in [1.54, 1.807) is 36.7 Å². The molecule has 1 aromatic heterocycles. The van der Waals surface area contributed by atoms with E-state index in [9.17, 15) is 4.79 Å². The van der Waals surface area contributed by atoms with Gasteiger partial charge in [0.1, 0.15) is 0 Å². The summed E-state index contributed by atoms with van der Waals surface area (Å²) in [6.07, 6.45) is 3.43. The minimum absolute atomic E-state index is 0.109. The van der Waals surface area contributed by atoms with Crippen molar-refractivity contribution in [1.29, 1.82) is 0 Å². The SMILES string of the molecule is CC(NC(=O)Nc1ccc(N)cc1)c1cccnc1. The number of nitrogens with one attached hydrogen (secondary N) is 2. The molecule has 5 heteroatoms. The summed E-state index contributed by atoms with van der Waals surface area (Å²) in [5, 5.41) is 5.58. The summed E-state index contributed by atoms with van der Waals surface area (Å²) in [6.45, 7) is 1.90. The van der Waals surface area contributed by atoms with Crippen LogP contribution in [0.4, 0.5) is 16.2 Å². The molecule has 4 N–H and O–H groups in total. The summed E-state index contributed by atoms with van der Waals surface area (Å²) in [4.78, 5) is 15.8. The highest BCUT2D eigenvalue weighted by atomic mass is 16.2. The lowest BCUT2D eigenvalue weighted by Gasteiger charge is -2.14. The predicted molar refractivity (Wildman–Crippen MR) is 75.7 cm³/mol. The van der Waals surface area contributed by atoms with E-state index >= 15 is 0 Å². The van der Waals surface area contributed by atoms with Gasteiger partial charge < -0.3 is 16.4 Å². The third-order valence-electron chi connectivity index (χ3n) is 2.70. The number of anilines is 2. The molecule has 19 heavy (non-hydrogen) atoms. The molecule has 0 bridgehead atoms. The topological polar surface area (TPSA) is 80.0 Å². The van der Waals surface area contributed by atoms with Gasteiger partial charge >= 0.3 is 6.03 Å². The fraction of sp³-hybridized carbons (Fsp3) is 0.143. The fourth-order valence-corrected chi connectivity index (χ4v) is 1.65. The van der Waals surface area contributed by atoms with E-state index in [-0.39, 0.29) is 12.1 Å². The second-order valence-corrected chi connectivity index (χ2v) is 4.23. The van der Waals surface area contributed by atoms with Crippen LogP contribution in [0.5, 0.6) is 0 Å². The Hall–Kier alpha value is -2.56. The lowest BCUT2D eigenvalue weighted by atomic mass is 10.1. The normalized spacial score (nSPS) is 11.6. The molecule has 0 saturated carbocycles. The van der Waals surface area contributed by atoms with E-state index < -0.39 is 0 Å². The highest BCUT2D eigenvalue weighted by Gasteiger charge is 2.09. The average molecular weight is 256 g/mol. The molecule has 0 spiro atoms. The molecule has 0 radical (unpaired) electrons. The summed E-state index contributed by atoms with van der Waals surface area (Å²) in [6, 6.07) is 10.4. The largest absolute Gasteiger partial charge is 0.399 e. The van der Waals surface area contributed by atoms with Crippen LogP contribution in [-0.2, 0) is 0 Å². The minimum Gasteiger partial charge on any atom is -0.399 e. The standard InChI is InChI=1S/C14H16N4O/c1-10(11-3-2-8-16-9-11)17-14(19)18-13-6-4-12(15)5-7-13/h2-10H,15H2,1H3,(H2,17,18,19). The van der Waals surface area contributed by atoms with Crippen molar-refractivity contribution in [3.05, 3.63) is 54.4 Å². The van der Waals surface area contributed by atoms with Crippen molar-refractivity contribution in [2.24, 2.45) is 0 Å². The zero-order chi connectivity index (χ0) is 13.7. The van der Waals surface area contributed by atoms with Crippen molar-refractivity contribution in [2.45, 2.75) is 13.0 Å². The van der Waals surface area contributed by atoms with Gasteiger partial charge in [-0.15, -0.1) is 0 Å². The maximum atomic E-state index is 11.8. The molecule has 1 heterocycles. The number of amides is 2. The van der Waals surface area contributed by atoms with Gasteiger partial charge in [0.2, 0.25) is 0 Å². The van der Waals surface area contributed by atoms with E-state index in [1.807, 2.05) is 19.1 Å². The van der Waals surface area contributed by atoms with Gasteiger partial charge in [-0.1, -0.05) is 6.07 Å². The van der Waals surface area contributed by atoms with E-state index in [0.29, 0.717) is 11.4 Å². The van der Waals surface area contributed by atoms with E-state index in [2.05, 4.69) is 15.6 Å². The van der Waals surface area contributed by atoms with Crippen LogP contribution in [0.2, 0.25) is 0 Å². The number of nitrogens with zero attached hydrogens (tertiary/aromatic N) is 1. The molecule has 0 aliphatic heterocycles. The van der Waals surface area contributed by atoms with Crippen molar-refractivity contribution < 1.29 is 4.79 Å². The first-order valence-electron chi connectivity index (χ1n) is 5.98. The molecule has 5 nitrogen and oxygen atoms in total. The number of rotatable bonds is 3. The Kier molecular flexibility index (Phi) is 3.97. The predicted octanol–water partition coefficient (Wildman–Crippen LogP) is 2.55. The molecule has 1 unspecified atom stereocenters. The van der Waals surface area contributed by atoms with Crippen molar-refractivity contribution in [3.63, 3.8) is 0 Å². The number of nitrogens with two attached hydrogens (primary N) is 1. The smallest absolute Gasteiger partial charge is 0.319 e. The first-order valence-corrected chi connectivity index (χ1v) is 5.98. The summed E-state index contributed by atoms with van der Waals surface area (Å²) >= 11 is 0. The molecule has 2 aromatic rings. The lowest BCUT2D eigenvalue weighted by molar-refractivity contribution is 0.249. The Balaban J connectivity index is 1.93. The Morgan fingerprint density at radius 1 is 1.26 bits per heavy atom. The van der Waals surface area contributed by atoms with E-state index in [1.165, 1.54) is 0 Å². The highest BCUT2D eigenvalue weighted by Crippen LogP contribution is 2.12. The Bertz CT molecular complexity index is 539. The first-order chi connectivity index (χ1) is 9.15. The van der Waals surface area contributed by atoms with Gasteiger partial charge in [-0.05, 0) is 42.8 Å². The van der Waals surface area contributed by atoms with Gasteiger partial charge in [0.05, 0.1) is 6.04 Å². The number of carbonyl (C=O) groups is 1. The average Bonchev–Trinajstić information content (AvgIpc) is 2.42. The number of pyridine rings is 1. The first kappa shape index (κ1) is 12.9. The monoisotopic (exact) mass is 256 g/mol. The summed E-state index contributed by atoms with van der Waals surface area (Å²) in [7, 11) is 0. The molecule has 0 fully saturated rings. The van der Waals surface area contributed by atoms with Gasteiger partial charge in [-0.25, -0.2) is 4.79 Å². The Labute approximate surface area is 111 Å². The highest BCUT2D eigenvalue weighted by molar-refractivity contribution is 5.89. The van der Waals surface area contributed by atoms with Crippen molar-refractivity contribution >= 4 is 17.4 Å². The molecular weight excluding hydrogens is 240 g/mol. The zero-order valence-electron chi connectivity index (χ0n) is 10.6. The van der Waals surface area contributed by atoms with Gasteiger partial charge in [0, 0.05) is 23.8 Å². The molecule has 1 aromatic carbocycles. The van der Waals surface area contributed by atoms with Crippen LogP contribution in [0.25, 0.3) is 0 Å². The number of hydrogen-bond acceptors (Lipinski definition) is 3. The number of nitrogen functional groups attached to an aromatic ring is 1. The molecule has 0 aliphatic carbocycles. The second kappa shape index (κ2) is 5.86. The maximum Gasteiger partial charge on any atom is 0.319 e. The second-order valence-electron chi connectivity index (χ2n) is 4.23. The van der Waals surface area contributed by atoms with Crippen molar-refractivity contribution in [1.82, 2.24) is 10.3 Å². The van der Waals surface area contributed by atoms with Crippen LogP contribution in [0.3, 0.4) is 0 Å². The number of hydrogen-bond donors (Lipinski definition) is 3. The van der Waals surface area contributed by atoms with Gasteiger partial charge in [-0.2, -0.15) is 0 Å². The molecule has 1 atom stereocenters. The minimum atomic E-state index is -0.263. The lowest BCUT2D eigenvalue weighted by Crippen LogP contribution is -2.31. The molecule has 98 valence electrons. The van der Waals surface area contributed by atoms with Gasteiger partial charge in [0.25, 0.3) is 0 Å². The molecular formula is C14H16N4O. The van der Waals surface area contributed by atoms with Crippen molar-refractivity contribution in [2.75, 3.05) is 11.1 Å². The van der Waals surface area contributed by atoms with Crippen LogP contribution in [0.1, 0.15) is 18.5 Å². The van der Waals surface area contributed by atoms with Crippen LogP contribution >= 0.6 is 0 Å². The molecule has 2 rings (SSSR count). The van der Waals surface area contributed by atoms with E-state index in [4.69, 9.17) is 5.73 Å². The summed E-state index contributed by atoms with van der Waals surface area (Å²) < 4.78 is 0. The summed E-state index contributed by atoms with van der Waals surface area (Å²) in [5.41, 5.74) is 7.89. The van der Waals surface area contributed by atoms with E-state index in [0.717, 1.165) is 5.56 Å². The number of aromatic nitrogens is 1. The fourth-order valence-electron chi connectivity index (χ4n) is 1.65. The van der Waals surface area contributed by atoms with Crippen LogP contribution < -0.4 is 16.4 Å². The number of benzene rings is 1. The molecule has 0 aliphatic rings. The van der Waals surface area contributed by atoms with Crippen LogP contribution in [0.15, 0.2) is 48.8 Å². The van der Waals surface area contributed by atoms with Crippen molar-refractivity contribution in [3.8, 4) is 0 Å². The Morgan fingerprint density at radius 3 is 2.63 bits per heavy atom. The quantitative estimate of drug-likeness (QED) is 0.738. The molecule has 2 amide bonds. The summed E-state index contributed by atoms with van der Waals surface area (Å²) in [5.74, 6) is 0. The number of carbonyl (C=O) groups excluding carboxylic acids is 1. The maximum absolute atomic E-state index is 11.8. The van der Waals surface area contributed by atoms with Crippen LogP contribution in [-0.4, -0.2) is 11.0 Å². The number of urea groups is 1. The third-order valence-corrected chi connectivity index (χ3v) is 2.70. The Morgan fingerprint density at radius 2 is 2.00 bits per heavy atom. The van der Waals surface area contributed by atoms with Gasteiger partial charge in [-0.3, -0.25) is 4.98 Å². The van der Waals surface area contributed by atoms with Gasteiger partial charge in [0.15, 0.2) is 0 Å². The third kappa shape index (κ3) is 3.70. The molecule has 0 saturated heterocycles.